The van der Waals surface area contributed by atoms with E-state index in [0.29, 0.717) is 5.52 Å². The lowest BCUT2D eigenvalue weighted by Gasteiger charge is -2.14. The van der Waals surface area contributed by atoms with E-state index < -0.39 is 11.9 Å². The zero-order chi connectivity index (χ0) is 19.6. The van der Waals surface area contributed by atoms with Crippen molar-refractivity contribution in [1.29, 1.82) is 0 Å². The van der Waals surface area contributed by atoms with Crippen LogP contribution in [-0.4, -0.2) is 37.7 Å². The molecule has 2 aromatic carbocycles. The standard InChI is InChI=1S/C21H21NO5/c1-12(2)9-10-27-19-17(21(24)26-4)15(20(23)25-3)11-14-13-7-5-6-8-16(13)22-18(14)19/h5-9,11,22H,10H2,1-4H3. The van der Waals surface area contributed by atoms with Crippen molar-refractivity contribution in [2.24, 2.45) is 0 Å². The van der Waals surface area contributed by atoms with Crippen molar-refractivity contribution >= 4 is 33.7 Å². The number of fused-ring (bicyclic) bond motifs is 3. The van der Waals surface area contributed by atoms with Crippen LogP contribution < -0.4 is 4.74 Å². The Bertz CT molecular complexity index is 1060. The van der Waals surface area contributed by atoms with E-state index in [1.165, 1.54) is 14.2 Å². The maximum atomic E-state index is 12.5. The molecule has 0 bridgehead atoms. The summed E-state index contributed by atoms with van der Waals surface area (Å²) >= 11 is 0. The lowest BCUT2D eigenvalue weighted by atomic mass is 10.0. The molecule has 140 valence electrons. The highest BCUT2D eigenvalue weighted by Gasteiger charge is 2.27. The molecule has 3 rings (SSSR count). The molecule has 6 nitrogen and oxygen atoms in total. The van der Waals surface area contributed by atoms with Gasteiger partial charge in [0.15, 0.2) is 5.75 Å². The first-order valence-electron chi connectivity index (χ1n) is 8.48. The minimum atomic E-state index is -0.664. The first kappa shape index (κ1) is 18.5. The second-order valence-corrected chi connectivity index (χ2v) is 6.30. The summed E-state index contributed by atoms with van der Waals surface area (Å²) in [4.78, 5) is 28.2. The number of H-pyrrole nitrogens is 1. The van der Waals surface area contributed by atoms with Crippen LogP contribution in [-0.2, 0) is 9.47 Å². The Morgan fingerprint density at radius 2 is 1.74 bits per heavy atom. The largest absolute Gasteiger partial charge is 0.486 e. The van der Waals surface area contributed by atoms with Crippen molar-refractivity contribution in [2.75, 3.05) is 20.8 Å². The number of carbonyl (C=O) groups is 2. The maximum Gasteiger partial charge on any atom is 0.342 e. The summed E-state index contributed by atoms with van der Waals surface area (Å²) in [6.45, 7) is 4.16. The lowest BCUT2D eigenvalue weighted by molar-refractivity contribution is 0.0552. The van der Waals surface area contributed by atoms with Gasteiger partial charge in [-0.15, -0.1) is 0 Å². The zero-order valence-corrected chi connectivity index (χ0v) is 15.7. The predicted octanol–water partition coefficient (Wildman–Crippen LogP) is 4.24. The molecule has 1 N–H and O–H groups in total. The molecule has 0 saturated carbocycles. The van der Waals surface area contributed by atoms with E-state index in [2.05, 4.69) is 4.98 Å². The van der Waals surface area contributed by atoms with Crippen LogP contribution in [0.25, 0.3) is 21.8 Å². The number of rotatable bonds is 5. The average molecular weight is 367 g/mol. The predicted molar refractivity (Wildman–Crippen MR) is 103 cm³/mol. The molecule has 3 aromatic rings. The number of hydrogen-bond donors (Lipinski definition) is 1. The average Bonchev–Trinajstić information content (AvgIpc) is 3.04. The monoisotopic (exact) mass is 367 g/mol. The van der Waals surface area contributed by atoms with E-state index in [4.69, 9.17) is 14.2 Å². The smallest absolute Gasteiger partial charge is 0.342 e. The summed E-state index contributed by atoms with van der Waals surface area (Å²) in [5.74, 6) is -1.02. The van der Waals surface area contributed by atoms with Crippen LogP contribution >= 0.6 is 0 Å². The summed E-state index contributed by atoms with van der Waals surface area (Å²) in [5.41, 5.74) is 2.73. The normalized spacial score (nSPS) is 10.7. The van der Waals surface area contributed by atoms with E-state index >= 15 is 0 Å². The van der Waals surface area contributed by atoms with Gasteiger partial charge in [-0.2, -0.15) is 0 Å². The molecule has 6 heteroatoms. The molecule has 0 aliphatic heterocycles. The SMILES string of the molecule is COC(=O)c1cc2c([nH]c3ccccc32)c(OCC=C(C)C)c1C(=O)OC. The fourth-order valence-electron chi connectivity index (χ4n) is 2.97. The Morgan fingerprint density at radius 1 is 1.04 bits per heavy atom. The van der Waals surface area contributed by atoms with E-state index in [1.807, 2.05) is 44.2 Å². The topological polar surface area (TPSA) is 77.6 Å². The van der Waals surface area contributed by atoms with E-state index in [0.717, 1.165) is 21.9 Å². The number of esters is 2. The number of ether oxygens (including phenoxy) is 3. The lowest BCUT2D eigenvalue weighted by Crippen LogP contribution is -2.14. The van der Waals surface area contributed by atoms with Gasteiger partial charge in [-0.25, -0.2) is 9.59 Å². The van der Waals surface area contributed by atoms with E-state index in [1.54, 1.807) is 6.07 Å². The summed E-state index contributed by atoms with van der Waals surface area (Å²) in [5, 5.41) is 1.69. The number of carbonyl (C=O) groups excluding carboxylic acids is 2. The molecule has 0 fully saturated rings. The zero-order valence-electron chi connectivity index (χ0n) is 15.7. The third-order valence-corrected chi connectivity index (χ3v) is 4.27. The summed E-state index contributed by atoms with van der Waals surface area (Å²) < 4.78 is 15.7. The van der Waals surface area contributed by atoms with Gasteiger partial charge < -0.3 is 19.2 Å². The van der Waals surface area contributed by atoms with Crippen LogP contribution in [0.4, 0.5) is 0 Å². The van der Waals surface area contributed by atoms with Crippen molar-refractivity contribution in [3.05, 3.63) is 53.1 Å². The highest BCUT2D eigenvalue weighted by atomic mass is 16.5. The van der Waals surface area contributed by atoms with Crippen molar-refractivity contribution in [3.8, 4) is 5.75 Å². The van der Waals surface area contributed by atoms with Crippen LogP contribution in [0.5, 0.6) is 5.75 Å². The maximum absolute atomic E-state index is 12.5. The Balaban J connectivity index is 2.37. The minimum absolute atomic E-state index is 0.0468. The van der Waals surface area contributed by atoms with Gasteiger partial charge in [-0.3, -0.25) is 0 Å². The molecule has 0 unspecified atom stereocenters. The van der Waals surface area contributed by atoms with Crippen molar-refractivity contribution in [3.63, 3.8) is 0 Å². The molecule has 0 spiro atoms. The summed E-state index contributed by atoms with van der Waals surface area (Å²) in [7, 11) is 2.53. The number of aromatic nitrogens is 1. The number of benzene rings is 2. The minimum Gasteiger partial charge on any atom is -0.486 e. The van der Waals surface area contributed by atoms with Crippen molar-refractivity contribution in [1.82, 2.24) is 4.98 Å². The van der Waals surface area contributed by atoms with Gasteiger partial charge in [-0.05, 0) is 32.1 Å². The number of methoxy groups -OCH3 is 2. The van der Waals surface area contributed by atoms with Crippen molar-refractivity contribution < 1.29 is 23.8 Å². The van der Waals surface area contributed by atoms with Crippen molar-refractivity contribution in [2.45, 2.75) is 13.8 Å². The molecule has 27 heavy (non-hydrogen) atoms. The van der Waals surface area contributed by atoms with Crippen LogP contribution in [0, 0.1) is 0 Å². The first-order chi connectivity index (χ1) is 13.0. The molecular formula is C21H21NO5. The van der Waals surface area contributed by atoms with Gasteiger partial charge in [0.1, 0.15) is 12.2 Å². The number of para-hydroxylation sites is 1. The second-order valence-electron chi connectivity index (χ2n) is 6.30. The number of aromatic amines is 1. The molecule has 1 aromatic heterocycles. The quantitative estimate of drug-likeness (QED) is 0.539. The Hall–Kier alpha value is -3.28. The summed E-state index contributed by atoms with van der Waals surface area (Å²) in [6, 6.07) is 9.31. The molecule has 0 atom stereocenters. The Morgan fingerprint density at radius 3 is 2.41 bits per heavy atom. The van der Waals surface area contributed by atoms with Gasteiger partial charge in [-0.1, -0.05) is 23.8 Å². The van der Waals surface area contributed by atoms with Crippen LogP contribution in [0.15, 0.2) is 42.0 Å². The molecule has 1 heterocycles. The first-order valence-corrected chi connectivity index (χ1v) is 8.48. The second kappa shape index (κ2) is 7.53. The van der Waals surface area contributed by atoms with Crippen LogP contribution in [0.2, 0.25) is 0 Å². The molecule has 0 amide bonds. The van der Waals surface area contributed by atoms with Gasteiger partial charge in [0.25, 0.3) is 0 Å². The third-order valence-electron chi connectivity index (χ3n) is 4.27. The molecule has 0 saturated heterocycles. The van der Waals surface area contributed by atoms with Gasteiger partial charge in [0.05, 0.1) is 25.3 Å². The highest BCUT2D eigenvalue weighted by molar-refractivity contribution is 6.16. The van der Waals surface area contributed by atoms with E-state index in [-0.39, 0.29) is 23.5 Å². The Labute approximate surface area is 156 Å². The Kier molecular flexibility index (Phi) is 5.16. The van der Waals surface area contributed by atoms with Gasteiger partial charge in [0.2, 0.25) is 0 Å². The highest BCUT2D eigenvalue weighted by Crippen LogP contribution is 2.37. The van der Waals surface area contributed by atoms with Crippen LogP contribution in [0.1, 0.15) is 34.6 Å². The number of nitrogens with one attached hydrogen (secondary N) is 1. The third kappa shape index (κ3) is 3.38. The molecule has 0 radical (unpaired) electrons. The summed E-state index contributed by atoms with van der Waals surface area (Å²) in [6.07, 6.45) is 1.89. The van der Waals surface area contributed by atoms with E-state index in [9.17, 15) is 9.59 Å². The molecule has 0 aliphatic rings. The van der Waals surface area contributed by atoms with Crippen LogP contribution in [0.3, 0.4) is 0 Å². The molecular weight excluding hydrogens is 346 g/mol. The fourth-order valence-corrected chi connectivity index (χ4v) is 2.97. The number of allylic oxidation sites excluding steroid dienone is 1. The molecule has 0 aliphatic carbocycles. The fraction of sp³-hybridized carbons (Fsp3) is 0.238. The van der Waals surface area contributed by atoms with Gasteiger partial charge in [0, 0.05) is 16.3 Å². The van der Waals surface area contributed by atoms with Gasteiger partial charge >= 0.3 is 11.9 Å². The number of hydrogen-bond acceptors (Lipinski definition) is 5.